The third kappa shape index (κ3) is 5.14. The fourth-order valence-corrected chi connectivity index (χ4v) is 4.01. The normalized spacial score (nSPS) is 11.8. The van der Waals surface area contributed by atoms with Gasteiger partial charge in [0.15, 0.2) is 0 Å². The Kier molecular flexibility index (Phi) is 6.55. The average molecular weight is 378 g/mol. The van der Waals surface area contributed by atoms with Crippen LogP contribution >= 0.6 is 11.8 Å². The van der Waals surface area contributed by atoms with Crippen LogP contribution in [0.5, 0.6) is 5.75 Å². The molecule has 3 nitrogen and oxygen atoms in total. The van der Waals surface area contributed by atoms with Crippen LogP contribution in [-0.4, -0.2) is 18.3 Å². The fourth-order valence-electron chi connectivity index (χ4n) is 2.79. The van der Waals surface area contributed by atoms with Gasteiger partial charge in [-0.25, -0.2) is 0 Å². The van der Waals surface area contributed by atoms with Crippen LogP contribution in [0.2, 0.25) is 0 Å². The number of amides is 1. The summed E-state index contributed by atoms with van der Waals surface area (Å²) in [7, 11) is 1.62. The first kappa shape index (κ1) is 19.1. The molecule has 138 valence electrons. The Bertz CT molecular complexity index is 811. The van der Waals surface area contributed by atoms with E-state index in [1.54, 1.807) is 18.9 Å². The number of ether oxygens (including phenoxy) is 1. The summed E-state index contributed by atoms with van der Waals surface area (Å²) < 4.78 is 5.16. The number of nitrogens with one attached hydrogen (secondary N) is 1. The van der Waals surface area contributed by atoms with E-state index in [1.165, 1.54) is 11.1 Å². The van der Waals surface area contributed by atoms with Crippen molar-refractivity contribution in [3.05, 3.63) is 96.1 Å². The van der Waals surface area contributed by atoms with E-state index in [4.69, 9.17) is 4.74 Å². The number of methoxy groups -OCH3 is 1. The molecule has 0 radical (unpaired) electrons. The lowest BCUT2D eigenvalue weighted by molar-refractivity contribution is -0.115. The van der Waals surface area contributed by atoms with Gasteiger partial charge in [0.05, 0.1) is 17.6 Å². The van der Waals surface area contributed by atoms with Gasteiger partial charge in [0.2, 0.25) is 5.91 Å². The Hall–Kier alpha value is -2.72. The highest BCUT2D eigenvalue weighted by Crippen LogP contribution is 2.38. The van der Waals surface area contributed by atoms with Crippen LogP contribution in [0, 0.1) is 0 Å². The number of benzene rings is 3. The maximum absolute atomic E-state index is 12.7. The van der Waals surface area contributed by atoms with Gasteiger partial charge in [-0.15, -0.1) is 11.8 Å². The minimum absolute atomic E-state index is 0.0120. The Morgan fingerprint density at radius 2 is 1.37 bits per heavy atom. The zero-order chi connectivity index (χ0) is 19.1. The molecule has 0 spiro atoms. The second-order valence-corrected chi connectivity index (χ2v) is 7.65. The molecule has 0 saturated carbocycles. The quantitative estimate of drug-likeness (QED) is 0.587. The molecule has 4 heteroatoms. The summed E-state index contributed by atoms with van der Waals surface area (Å²) >= 11 is 1.65. The van der Waals surface area contributed by atoms with Crippen molar-refractivity contribution >= 4 is 23.4 Å². The first-order valence-corrected chi connectivity index (χ1v) is 9.82. The van der Waals surface area contributed by atoms with E-state index >= 15 is 0 Å². The zero-order valence-electron chi connectivity index (χ0n) is 15.5. The SMILES string of the molecule is COc1ccc(NC(=O)[C@H](C)SC(c2ccccc2)c2ccccc2)cc1. The highest BCUT2D eigenvalue weighted by Gasteiger charge is 2.22. The molecular formula is C23H23NO2S. The summed E-state index contributed by atoms with van der Waals surface area (Å²) in [5.74, 6) is 0.755. The smallest absolute Gasteiger partial charge is 0.237 e. The monoisotopic (exact) mass is 377 g/mol. The summed E-state index contributed by atoms with van der Waals surface area (Å²) in [6, 6.07) is 28.0. The predicted octanol–water partition coefficient (Wildman–Crippen LogP) is 5.55. The Labute approximate surface area is 164 Å². The molecule has 0 bridgehead atoms. The lowest BCUT2D eigenvalue weighted by atomic mass is 10.0. The highest BCUT2D eigenvalue weighted by atomic mass is 32.2. The van der Waals surface area contributed by atoms with Crippen molar-refractivity contribution < 1.29 is 9.53 Å². The van der Waals surface area contributed by atoms with Gasteiger partial charge in [0.1, 0.15) is 5.75 Å². The number of hydrogen-bond donors (Lipinski definition) is 1. The molecule has 0 unspecified atom stereocenters. The Morgan fingerprint density at radius 1 is 0.852 bits per heavy atom. The Morgan fingerprint density at radius 3 is 1.85 bits per heavy atom. The largest absolute Gasteiger partial charge is 0.497 e. The standard InChI is InChI=1S/C23H23NO2S/c1-17(23(25)24-20-13-15-21(26-2)16-14-20)27-22(18-9-5-3-6-10-18)19-11-7-4-8-12-19/h3-17,22H,1-2H3,(H,24,25)/t17-/m0/s1. The van der Waals surface area contributed by atoms with Gasteiger partial charge >= 0.3 is 0 Å². The first-order valence-electron chi connectivity index (χ1n) is 8.87. The van der Waals surface area contributed by atoms with E-state index in [9.17, 15) is 4.79 Å². The van der Waals surface area contributed by atoms with Crippen LogP contribution < -0.4 is 10.1 Å². The summed E-state index contributed by atoms with van der Waals surface area (Å²) in [4.78, 5) is 12.7. The summed E-state index contributed by atoms with van der Waals surface area (Å²) in [6.45, 7) is 1.95. The number of anilines is 1. The number of thioether (sulfide) groups is 1. The predicted molar refractivity (Wildman–Crippen MR) is 113 cm³/mol. The number of carbonyl (C=O) groups is 1. The Balaban J connectivity index is 1.73. The van der Waals surface area contributed by atoms with E-state index in [0.717, 1.165) is 11.4 Å². The van der Waals surface area contributed by atoms with Gasteiger partial charge < -0.3 is 10.1 Å². The third-order valence-corrected chi connectivity index (χ3v) is 5.71. The van der Waals surface area contributed by atoms with Gasteiger partial charge in [0, 0.05) is 5.69 Å². The van der Waals surface area contributed by atoms with E-state index < -0.39 is 0 Å². The maximum Gasteiger partial charge on any atom is 0.237 e. The molecule has 0 aliphatic rings. The lowest BCUT2D eigenvalue weighted by Crippen LogP contribution is -2.23. The number of rotatable bonds is 7. The van der Waals surface area contributed by atoms with Crippen molar-refractivity contribution in [2.45, 2.75) is 17.4 Å². The van der Waals surface area contributed by atoms with E-state index in [-0.39, 0.29) is 16.4 Å². The van der Waals surface area contributed by atoms with Crippen molar-refractivity contribution in [3.63, 3.8) is 0 Å². The van der Waals surface area contributed by atoms with Crippen LogP contribution in [0.15, 0.2) is 84.9 Å². The second kappa shape index (κ2) is 9.28. The highest BCUT2D eigenvalue weighted by molar-refractivity contribution is 8.01. The van der Waals surface area contributed by atoms with Crippen LogP contribution in [0.25, 0.3) is 0 Å². The molecule has 1 N–H and O–H groups in total. The molecule has 0 aromatic heterocycles. The molecule has 3 rings (SSSR count). The van der Waals surface area contributed by atoms with Crippen molar-refractivity contribution in [2.24, 2.45) is 0 Å². The molecule has 27 heavy (non-hydrogen) atoms. The molecule has 1 amide bonds. The summed E-state index contributed by atoms with van der Waals surface area (Å²) in [5, 5.41) is 2.88. The van der Waals surface area contributed by atoms with Crippen LogP contribution in [0.3, 0.4) is 0 Å². The van der Waals surface area contributed by atoms with E-state index in [1.807, 2.05) is 67.6 Å². The van der Waals surface area contributed by atoms with Gasteiger partial charge in [-0.2, -0.15) is 0 Å². The molecule has 0 aliphatic heterocycles. The van der Waals surface area contributed by atoms with Crippen molar-refractivity contribution in [1.82, 2.24) is 0 Å². The number of hydrogen-bond acceptors (Lipinski definition) is 3. The summed E-state index contributed by atoms with van der Waals surface area (Å²) in [5.41, 5.74) is 3.15. The van der Waals surface area contributed by atoms with E-state index in [0.29, 0.717) is 0 Å². The average Bonchev–Trinajstić information content (AvgIpc) is 2.73. The topological polar surface area (TPSA) is 38.3 Å². The van der Waals surface area contributed by atoms with Gasteiger partial charge in [-0.3, -0.25) is 4.79 Å². The molecule has 1 atom stereocenters. The van der Waals surface area contributed by atoms with Gasteiger partial charge in [-0.05, 0) is 42.3 Å². The first-order chi connectivity index (χ1) is 13.2. The fraction of sp³-hybridized carbons (Fsp3) is 0.174. The minimum Gasteiger partial charge on any atom is -0.497 e. The van der Waals surface area contributed by atoms with Gasteiger partial charge in [0.25, 0.3) is 0 Å². The molecule has 0 fully saturated rings. The maximum atomic E-state index is 12.7. The van der Waals surface area contributed by atoms with Crippen molar-refractivity contribution in [3.8, 4) is 5.75 Å². The van der Waals surface area contributed by atoms with E-state index in [2.05, 4.69) is 29.6 Å². The number of carbonyl (C=O) groups excluding carboxylic acids is 1. The van der Waals surface area contributed by atoms with Crippen LogP contribution in [-0.2, 0) is 4.79 Å². The zero-order valence-corrected chi connectivity index (χ0v) is 16.3. The van der Waals surface area contributed by atoms with Gasteiger partial charge in [-0.1, -0.05) is 60.7 Å². The molecule has 0 heterocycles. The van der Waals surface area contributed by atoms with Crippen molar-refractivity contribution in [2.75, 3.05) is 12.4 Å². The molecule has 3 aromatic rings. The second-order valence-electron chi connectivity index (χ2n) is 6.20. The molecule has 0 saturated heterocycles. The molecular weight excluding hydrogens is 354 g/mol. The molecule has 3 aromatic carbocycles. The van der Waals surface area contributed by atoms with Crippen LogP contribution in [0.1, 0.15) is 23.3 Å². The third-order valence-electron chi connectivity index (χ3n) is 4.27. The minimum atomic E-state index is -0.211. The lowest BCUT2D eigenvalue weighted by Gasteiger charge is -2.21. The summed E-state index contributed by atoms with van der Waals surface area (Å²) in [6.07, 6.45) is 0. The van der Waals surface area contributed by atoms with Crippen LogP contribution in [0.4, 0.5) is 5.69 Å². The van der Waals surface area contributed by atoms with Crippen molar-refractivity contribution in [1.29, 1.82) is 0 Å². The molecule has 0 aliphatic carbocycles.